The lowest BCUT2D eigenvalue weighted by molar-refractivity contribution is 0.403. The number of rotatable bonds is 4. The fourth-order valence-corrected chi connectivity index (χ4v) is 3.95. The SMILES string of the molecule is COc1ccccc1NC1(CN)CCS(=O)(=O)CC1. The Morgan fingerprint density at radius 1 is 1.32 bits per heavy atom. The second-order valence-corrected chi connectivity index (χ2v) is 7.27. The van der Waals surface area contributed by atoms with Crippen LogP contribution in [-0.2, 0) is 9.84 Å². The number of nitrogens with two attached hydrogens (primary N) is 1. The molecule has 3 N–H and O–H groups in total. The maximum atomic E-state index is 11.5. The first-order chi connectivity index (χ1) is 9.00. The van der Waals surface area contributed by atoms with Gasteiger partial charge in [-0.25, -0.2) is 8.42 Å². The van der Waals surface area contributed by atoms with Crippen molar-refractivity contribution in [1.82, 2.24) is 0 Å². The lowest BCUT2D eigenvalue weighted by atomic mass is 9.92. The van der Waals surface area contributed by atoms with E-state index in [-0.39, 0.29) is 17.0 Å². The summed E-state index contributed by atoms with van der Waals surface area (Å²) in [6.45, 7) is 0.403. The molecule has 0 aliphatic carbocycles. The molecule has 6 heteroatoms. The van der Waals surface area contributed by atoms with E-state index >= 15 is 0 Å². The van der Waals surface area contributed by atoms with Crippen LogP contribution in [0.5, 0.6) is 5.75 Å². The minimum atomic E-state index is -2.90. The van der Waals surface area contributed by atoms with Crippen LogP contribution in [0.15, 0.2) is 24.3 Å². The van der Waals surface area contributed by atoms with E-state index in [0.717, 1.165) is 11.4 Å². The average Bonchev–Trinajstić information content (AvgIpc) is 2.42. The first kappa shape index (κ1) is 14.1. The summed E-state index contributed by atoms with van der Waals surface area (Å²) in [5.74, 6) is 1.11. The normalized spacial score (nSPS) is 20.7. The van der Waals surface area contributed by atoms with Gasteiger partial charge in [-0.15, -0.1) is 0 Å². The molecule has 0 saturated carbocycles. The predicted molar refractivity (Wildman–Crippen MR) is 76.3 cm³/mol. The Hall–Kier alpha value is -1.27. The third kappa shape index (κ3) is 3.19. The van der Waals surface area contributed by atoms with Gasteiger partial charge >= 0.3 is 0 Å². The molecule has 0 atom stereocenters. The van der Waals surface area contributed by atoms with Crippen LogP contribution in [0, 0.1) is 0 Å². The van der Waals surface area contributed by atoms with E-state index in [1.807, 2.05) is 24.3 Å². The van der Waals surface area contributed by atoms with Gasteiger partial charge in [-0.3, -0.25) is 0 Å². The number of ether oxygens (including phenoxy) is 1. The zero-order valence-electron chi connectivity index (χ0n) is 11.1. The number of sulfone groups is 1. The van der Waals surface area contributed by atoms with Crippen molar-refractivity contribution in [3.8, 4) is 5.75 Å². The van der Waals surface area contributed by atoms with Crippen LogP contribution in [-0.4, -0.2) is 39.1 Å². The molecular formula is C13H20N2O3S. The molecule has 1 aromatic carbocycles. The van der Waals surface area contributed by atoms with Gasteiger partial charge in [0.25, 0.3) is 0 Å². The van der Waals surface area contributed by atoms with Crippen molar-refractivity contribution >= 4 is 15.5 Å². The summed E-state index contributed by atoms with van der Waals surface area (Å²) in [4.78, 5) is 0. The molecular weight excluding hydrogens is 264 g/mol. The van der Waals surface area contributed by atoms with Crippen LogP contribution in [0.25, 0.3) is 0 Å². The van der Waals surface area contributed by atoms with Crippen molar-refractivity contribution < 1.29 is 13.2 Å². The van der Waals surface area contributed by atoms with Crippen LogP contribution >= 0.6 is 0 Å². The van der Waals surface area contributed by atoms with E-state index in [2.05, 4.69) is 5.32 Å². The standard InChI is InChI=1S/C13H20N2O3S/c1-18-12-5-3-2-4-11(12)15-13(10-14)6-8-19(16,17)9-7-13/h2-5,15H,6-10,14H2,1H3. The smallest absolute Gasteiger partial charge is 0.150 e. The lowest BCUT2D eigenvalue weighted by Gasteiger charge is -2.38. The summed E-state index contributed by atoms with van der Waals surface area (Å²) >= 11 is 0. The van der Waals surface area contributed by atoms with Crippen LogP contribution in [0.1, 0.15) is 12.8 Å². The van der Waals surface area contributed by atoms with E-state index in [1.165, 1.54) is 0 Å². The highest BCUT2D eigenvalue weighted by Gasteiger charge is 2.36. The first-order valence-corrected chi connectivity index (χ1v) is 8.14. The van der Waals surface area contributed by atoms with Crippen molar-refractivity contribution in [2.24, 2.45) is 5.73 Å². The van der Waals surface area contributed by atoms with Crippen molar-refractivity contribution in [2.45, 2.75) is 18.4 Å². The first-order valence-electron chi connectivity index (χ1n) is 6.32. The summed E-state index contributed by atoms with van der Waals surface area (Å²) < 4.78 is 28.4. The maximum Gasteiger partial charge on any atom is 0.150 e. The molecule has 0 amide bonds. The molecule has 0 unspecified atom stereocenters. The van der Waals surface area contributed by atoms with E-state index in [1.54, 1.807) is 7.11 Å². The van der Waals surface area contributed by atoms with Crippen LogP contribution in [0.3, 0.4) is 0 Å². The van der Waals surface area contributed by atoms with Gasteiger partial charge in [0, 0.05) is 6.54 Å². The Balaban J connectivity index is 2.20. The quantitative estimate of drug-likeness (QED) is 0.862. The number of hydrogen-bond donors (Lipinski definition) is 2. The molecule has 1 aliphatic rings. The van der Waals surface area contributed by atoms with Crippen LogP contribution in [0.4, 0.5) is 5.69 Å². The minimum Gasteiger partial charge on any atom is -0.495 e. The number of methoxy groups -OCH3 is 1. The largest absolute Gasteiger partial charge is 0.495 e. The zero-order valence-corrected chi connectivity index (χ0v) is 11.9. The van der Waals surface area contributed by atoms with Crippen molar-refractivity contribution in [3.05, 3.63) is 24.3 Å². The zero-order chi connectivity index (χ0) is 13.9. The molecule has 0 bridgehead atoms. The predicted octanol–water partition coefficient (Wildman–Crippen LogP) is 1.01. The molecule has 0 aromatic heterocycles. The number of para-hydroxylation sites is 2. The van der Waals surface area contributed by atoms with Gasteiger partial charge in [0.15, 0.2) is 9.84 Å². The topological polar surface area (TPSA) is 81.4 Å². The Morgan fingerprint density at radius 3 is 2.53 bits per heavy atom. The highest BCUT2D eigenvalue weighted by molar-refractivity contribution is 7.91. The summed E-state index contributed by atoms with van der Waals surface area (Å²) in [6, 6.07) is 7.59. The number of benzene rings is 1. The minimum absolute atomic E-state index is 0.187. The Morgan fingerprint density at radius 2 is 1.95 bits per heavy atom. The number of hydrogen-bond acceptors (Lipinski definition) is 5. The molecule has 2 rings (SSSR count). The maximum absolute atomic E-state index is 11.5. The molecule has 1 heterocycles. The van der Waals surface area contributed by atoms with Gasteiger partial charge in [-0.05, 0) is 25.0 Å². The van der Waals surface area contributed by atoms with Crippen molar-refractivity contribution in [3.63, 3.8) is 0 Å². The fraction of sp³-hybridized carbons (Fsp3) is 0.538. The van der Waals surface area contributed by atoms with E-state index in [0.29, 0.717) is 19.4 Å². The molecule has 1 aromatic rings. The lowest BCUT2D eigenvalue weighted by Crippen LogP contribution is -2.51. The molecule has 1 aliphatic heterocycles. The second-order valence-electron chi connectivity index (χ2n) is 4.96. The van der Waals surface area contributed by atoms with Gasteiger partial charge in [0.1, 0.15) is 5.75 Å². The van der Waals surface area contributed by atoms with E-state index in [4.69, 9.17) is 10.5 Å². The molecule has 5 nitrogen and oxygen atoms in total. The third-order valence-electron chi connectivity index (χ3n) is 3.68. The molecule has 0 radical (unpaired) electrons. The Bertz CT molecular complexity index is 529. The molecule has 1 saturated heterocycles. The molecule has 106 valence electrons. The van der Waals surface area contributed by atoms with E-state index < -0.39 is 9.84 Å². The molecule has 0 spiro atoms. The number of anilines is 1. The van der Waals surface area contributed by atoms with Crippen LogP contribution in [0.2, 0.25) is 0 Å². The number of nitrogens with one attached hydrogen (secondary N) is 1. The highest BCUT2D eigenvalue weighted by atomic mass is 32.2. The monoisotopic (exact) mass is 284 g/mol. The molecule has 19 heavy (non-hydrogen) atoms. The third-order valence-corrected chi connectivity index (χ3v) is 5.33. The van der Waals surface area contributed by atoms with Gasteiger partial charge in [-0.1, -0.05) is 12.1 Å². The van der Waals surface area contributed by atoms with E-state index in [9.17, 15) is 8.42 Å². The van der Waals surface area contributed by atoms with Crippen molar-refractivity contribution in [2.75, 3.05) is 30.5 Å². The summed E-state index contributed by atoms with van der Waals surface area (Å²) in [5.41, 5.74) is 6.36. The fourth-order valence-electron chi connectivity index (χ4n) is 2.34. The average molecular weight is 284 g/mol. The van der Waals surface area contributed by atoms with Crippen LogP contribution < -0.4 is 15.8 Å². The summed E-state index contributed by atoms with van der Waals surface area (Å²) in [7, 11) is -1.29. The Labute approximate surface area is 114 Å². The van der Waals surface area contributed by atoms with Gasteiger partial charge in [-0.2, -0.15) is 0 Å². The summed E-state index contributed by atoms with van der Waals surface area (Å²) in [5, 5.41) is 3.39. The second kappa shape index (κ2) is 5.38. The molecule has 1 fully saturated rings. The van der Waals surface area contributed by atoms with Crippen molar-refractivity contribution in [1.29, 1.82) is 0 Å². The summed E-state index contributed by atoms with van der Waals surface area (Å²) in [6.07, 6.45) is 1.06. The van der Waals surface area contributed by atoms with Gasteiger partial charge in [0.05, 0.1) is 29.8 Å². The Kier molecular flexibility index (Phi) is 4.01. The highest BCUT2D eigenvalue weighted by Crippen LogP contribution is 2.31. The van der Waals surface area contributed by atoms with Gasteiger partial charge < -0.3 is 15.8 Å². The van der Waals surface area contributed by atoms with Gasteiger partial charge in [0.2, 0.25) is 0 Å².